The molecule has 1 atom stereocenters. The highest BCUT2D eigenvalue weighted by Gasteiger charge is 2.47. The summed E-state index contributed by atoms with van der Waals surface area (Å²) in [7, 11) is 1.52. The van der Waals surface area contributed by atoms with E-state index in [1.54, 1.807) is 29.2 Å². The van der Waals surface area contributed by atoms with Crippen LogP contribution in [0, 0.1) is 11.8 Å². The van der Waals surface area contributed by atoms with Gasteiger partial charge in [0, 0.05) is 30.6 Å². The third-order valence-corrected chi connectivity index (χ3v) is 5.75. The van der Waals surface area contributed by atoms with Crippen LogP contribution >= 0.6 is 0 Å². The number of methoxy groups -OCH3 is 1. The van der Waals surface area contributed by atoms with Gasteiger partial charge in [-0.1, -0.05) is 24.0 Å². The zero-order chi connectivity index (χ0) is 24.3. The smallest absolute Gasteiger partial charge is 0.387 e. The predicted octanol–water partition coefficient (Wildman–Crippen LogP) is 2.51. The maximum absolute atomic E-state index is 12.8. The highest BCUT2D eigenvalue weighted by molar-refractivity contribution is 6.09. The molecule has 1 aliphatic carbocycles. The Bertz CT molecular complexity index is 1150. The molecule has 0 spiro atoms. The minimum Gasteiger partial charge on any atom is -0.497 e. The first kappa shape index (κ1) is 23.4. The number of halogens is 2. The van der Waals surface area contributed by atoms with Gasteiger partial charge >= 0.3 is 12.6 Å². The molecule has 2 N–H and O–H groups in total. The van der Waals surface area contributed by atoms with E-state index < -0.39 is 24.1 Å². The Labute approximate surface area is 195 Å². The maximum Gasteiger partial charge on any atom is 0.387 e. The molecule has 10 heteroatoms. The SMILES string of the molecule is COc1ccc2c(c1)C(=O)CN(C[C@@]1(C#CC3=CCCCC(OC(F)F)=C3)NC(=O)NC1=O)C2. The number of hydrogen-bond acceptors (Lipinski definition) is 6. The first-order valence-electron chi connectivity index (χ1n) is 10.7. The van der Waals surface area contributed by atoms with E-state index >= 15 is 0 Å². The molecular weight excluding hydrogens is 448 g/mol. The van der Waals surface area contributed by atoms with Crippen LogP contribution in [0.1, 0.15) is 35.2 Å². The number of carbonyl (C=O) groups is 3. The fraction of sp³-hybridized carbons (Fsp3) is 0.375. The van der Waals surface area contributed by atoms with Gasteiger partial charge in [0.25, 0.3) is 5.91 Å². The molecule has 4 rings (SSSR count). The minimum absolute atomic E-state index is 0.0295. The van der Waals surface area contributed by atoms with Gasteiger partial charge in [-0.2, -0.15) is 8.78 Å². The first-order valence-corrected chi connectivity index (χ1v) is 10.7. The van der Waals surface area contributed by atoms with E-state index in [1.165, 1.54) is 13.2 Å². The molecule has 0 saturated carbocycles. The molecule has 8 nitrogen and oxygen atoms in total. The zero-order valence-corrected chi connectivity index (χ0v) is 18.5. The number of urea groups is 1. The van der Waals surface area contributed by atoms with E-state index in [9.17, 15) is 23.2 Å². The summed E-state index contributed by atoms with van der Waals surface area (Å²) >= 11 is 0. The molecular formula is C24H23F2N3O5. The van der Waals surface area contributed by atoms with Gasteiger partial charge in [-0.05, 0) is 36.6 Å². The Hall–Kier alpha value is -3.71. The van der Waals surface area contributed by atoms with Gasteiger partial charge in [0.2, 0.25) is 0 Å². The van der Waals surface area contributed by atoms with Crippen LogP contribution < -0.4 is 15.4 Å². The normalized spacial score (nSPS) is 22.5. The van der Waals surface area contributed by atoms with E-state index in [1.807, 2.05) is 0 Å². The van der Waals surface area contributed by atoms with Gasteiger partial charge in [0.1, 0.15) is 11.5 Å². The zero-order valence-electron chi connectivity index (χ0n) is 18.5. The van der Waals surface area contributed by atoms with Crippen LogP contribution in [-0.2, 0) is 16.1 Å². The standard InChI is InChI=1S/C24H23F2N3O5/c1-33-17-7-6-16-12-29(13-20(30)19(16)11-17)14-24(21(31)27-23(32)28-24)9-8-15-4-2-3-5-18(10-15)34-22(25)26/h4,6-7,10-11,22H,2-3,5,12-14H2,1H3,(H2,27,28,31,32)/t24-/m1/s1. The summed E-state index contributed by atoms with van der Waals surface area (Å²) in [5.74, 6) is 5.57. The van der Waals surface area contributed by atoms with Gasteiger partial charge in [-0.15, -0.1) is 0 Å². The summed E-state index contributed by atoms with van der Waals surface area (Å²) in [6, 6.07) is 4.52. The summed E-state index contributed by atoms with van der Waals surface area (Å²) in [4.78, 5) is 39.2. The van der Waals surface area contributed by atoms with E-state index in [-0.39, 0.29) is 24.6 Å². The highest BCUT2D eigenvalue weighted by Crippen LogP contribution is 2.26. The number of ketones is 1. The monoisotopic (exact) mass is 471 g/mol. The van der Waals surface area contributed by atoms with Crippen molar-refractivity contribution in [3.63, 3.8) is 0 Å². The van der Waals surface area contributed by atoms with Crippen LogP contribution in [0.5, 0.6) is 5.75 Å². The van der Waals surface area contributed by atoms with E-state index in [0.29, 0.717) is 42.7 Å². The molecule has 0 aromatic heterocycles. The topological polar surface area (TPSA) is 97.0 Å². The maximum atomic E-state index is 12.8. The van der Waals surface area contributed by atoms with E-state index in [2.05, 4.69) is 27.2 Å². The number of fused-ring (bicyclic) bond motifs is 1. The fourth-order valence-corrected chi connectivity index (χ4v) is 4.15. The van der Waals surface area contributed by atoms with Crippen molar-refractivity contribution < 1.29 is 32.6 Å². The number of ether oxygens (including phenoxy) is 2. The largest absolute Gasteiger partial charge is 0.497 e. The molecule has 1 aromatic rings. The summed E-state index contributed by atoms with van der Waals surface area (Å²) in [5.41, 5.74) is 0.129. The number of carbonyl (C=O) groups excluding carboxylic acids is 3. The van der Waals surface area contributed by atoms with Crippen molar-refractivity contribution in [2.24, 2.45) is 0 Å². The number of nitrogens with zero attached hydrogens (tertiary/aromatic N) is 1. The highest BCUT2D eigenvalue weighted by atomic mass is 19.3. The van der Waals surface area contributed by atoms with Crippen molar-refractivity contribution in [1.29, 1.82) is 0 Å². The summed E-state index contributed by atoms with van der Waals surface area (Å²) < 4.78 is 35.0. The van der Waals surface area contributed by atoms with Gasteiger partial charge in [0.15, 0.2) is 11.3 Å². The molecule has 3 amide bonds. The molecule has 1 fully saturated rings. The number of amides is 3. The van der Waals surface area contributed by atoms with E-state index in [0.717, 1.165) is 5.56 Å². The van der Waals surface area contributed by atoms with E-state index in [4.69, 9.17) is 4.74 Å². The third kappa shape index (κ3) is 5.10. The third-order valence-electron chi connectivity index (χ3n) is 5.75. The molecule has 0 radical (unpaired) electrons. The lowest BCUT2D eigenvalue weighted by molar-refractivity contribution is -0.122. The average molecular weight is 471 g/mol. The minimum atomic E-state index is -2.94. The second-order valence-corrected chi connectivity index (χ2v) is 8.20. The molecule has 0 unspecified atom stereocenters. The Morgan fingerprint density at radius 3 is 2.76 bits per heavy atom. The lowest BCUT2D eigenvalue weighted by Crippen LogP contribution is -2.55. The van der Waals surface area contributed by atoms with Crippen molar-refractivity contribution in [2.45, 2.75) is 38.0 Å². The molecule has 178 valence electrons. The van der Waals surface area contributed by atoms with Crippen LogP contribution in [0.15, 0.2) is 41.7 Å². The van der Waals surface area contributed by atoms with Crippen molar-refractivity contribution >= 4 is 17.7 Å². The lowest BCUT2D eigenvalue weighted by Gasteiger charge is -2.32. The molecule has 1 aromatic carbocycles. The van der Waals surface area contributed by atoms with Crippen LogP contribution in [-0.4, -0.2) is 55.0 Å². The van der Waals surface area contributed by atoms with Crippen LogP contribution in [0.25, 0.3) is 0 Å². The predicted molar refractivity (Wildman–Crippen MR) is 117 cm³/mol. The van der Waals surface area contributed by atoms with Crippen molar-refractivity contribution in [1.82, 2.24) is 15.5 Å². The molecule has 0 bridgehead atoms. The van der Waals surface area contributed by atoms with Crippen molar-refractivity contribution in [3.8, 4) is 17.6 Å². The molecule has 34 heavy (non-hydrogen) atoms. The fourth-order valence-electron chi connectivity index (χ4n) is 4.15. The quantitative estimate of drug-likeness (QED) is 0.506. The molecule has 3 aliphatic rings. The van der Waals surface area contributed by atoms with Crippen LogP contribution in [0.4, 0.5) is 13.6 Å². The second kappa shape index (κ2) is 9.65. The number of alkyl halides is 2. The van der Waals surface area contributed by atoms with Gasteiger partial charge in [-0.25, -0.2) is 4.79 Å². The number of allylic oxidation sites excluding steroid dienone is 4. The van der Waals surface area contributed by atoms with Crippen molar-refractivity contribution in [2.75, 3.05) is 20.2 Å². The first-order chi connectivity index (χ1) is 16.3. The Morgan fingerprint density at radius 1 is 1.24 bits per heavy atom. The van der Waals surface area contributed by atoms with Gasteiger partial charge in [-0.3, -0.25) is 19.8 Å². The summed E-state index contributed by atoms with van der Waals surface area (Å²) in [6.07, 6.45) is 4.75. The van der Waals surface area contributed by atoms with Gasteiger partial charge in [0.05, 0.1) is 13.7 Å². The number of hydrogen-bond donors (Lipinski definition) is 2. The van der Waals surface area contributed by atoms with Gasteiger partial charge < -0.3 is 14.8 Å². The number of Topliss-reactive ketones (excluding diaryl/α,β-unsaturated/α-hetero) is 1. The Morgan fingerprint density at radius 2 is 2.06 bits per heavy atom. The van der Waals surface area contributed by atoms with Crippen molar-refractivity contribution in [3.05, 3.63) is 52.8 Å². The Balaban J connectivity index is 1.60. The average Bonchev–Trinajstić information content (AvgIpc) is 2.93. The molecule has 1 saturated heterocycles. The molecule has 2 aliphatic heterocycles. The molecule has 2 heterocycles. The number of nitrogens with one attached hydrogen (secondary N) is 2. The summed E-state index contributed by atoms with van der Waals surface area (Å²) in [5, 5.41) is 4.77. The lowest BCUT2D eigenvalue weighted by atomic mass is 9.94. The number of benzene rings is 1. The van der Waals surface area contributed by atoms with Crippen LogP contribution in [0.3, 0.4) is 0 Å². The second-order valence-electron chi connectivity index (χ2n) is 8.20. The summed E-state index contributed by atoms with van der Waals surface area (Å²) in [6.45, 7) is -2.58. The number of imide groups is 1. The van der Waals surface area contributed by atoms with Crippen LogP contribution in [0.2, 0.25) is 0 Å². The number of rotatable bonds is 5. The Kier molecular flexibility index (Phi) is 6.65.